The zero-order valence-electron chi connectivity index (χ0n) is 54.1. The predicted molar refractivity (Wildman–Crippen MR) is 331 cm³/mol. The Morgan fingerprint density at radius 3 is 0.671 bits per heavy atom. The number of amides is 4. The van der Waals surface area contributed by atoms with E-state index in [1.807, 2.05) is 55.4 Å². The van der Waals surface area contributed by atoms with E-state index in [1.54, 1.807) is 19.6 Å². The third-order valence-electron chi connectivity index (χ3n) is 15.9. The summed E-state index contributed by atoms with van der Waals surface area (Å²) in [5, 5.41) is 0. The van der Waals surface area contributed by atoms with E-state index >= 15 is 0 Å². The summed E-state index contributed by atoms with van der Waals surface area (Å²) in [6, 6.07) is 17.5. The number of fused-ring (bicyclic) bond motifs is 8. The quantitative estimate of drug-likeness (QED) is 0.0850. The predicted octanol–water partition coefficient (Wildman–Crippen LogP) is 12.7. The first-order valence-corrected chi connectivity index (χ1v) is 30.3. The lowest BCUT2D eigenvalue weighted by atomic mass is 9.80. The molecule has 4 amide bonds. The number of benzene rings is 4. The Balaban J connectivity index is 2.03. The van der Waals surface area contributed by atoms with Gasteiger partial charge in [0.2, 0.25) is 0 Å². The van der Waals surface area contributed by atoms with Gasteiger partial charge >= 0.3 is 0 Å². The highest BCUT2D eigenvalue weighted by Crippen LogP contribution is 2.43. The summed E-state index contributed by atoms with van der Waals surface area (Å²) in [5.41, 5.74) is 9.51. The van der Waals surface area contributed by atoms with Crippen molar-refractivity contribution in [3.8, 4) is 23.0 Å². The molecular weight excluding hydrogens is 1030 g/mol. The van der Waals surface area contributed by atoms with Gasteiger partial charge in [0.05, 0.1) is 13.2 Å². The fourth-order valence-corrected chi connectivity index (χ4v) is 10.6. The van der Waals surface area contributed by atoms with E-state index in [0.29, 0.717) is 94.6 Å². The maximum atomic E-state index is 14.1. The van der Waals surface area contributed by atoms with Gasteiger partial charge in [-0.05, 0) is 145 Å². The lowest BCUT2D eigenvalue weighted by molar-refractivity contribution is -0.133. The molecule has 4 aromatic rings. The molecule has 4 aromatic carbocycles. The maximum absolute atomic E-state index is 14.1. The minimum absolute atomic E-state index is 0.114. The lowest BCUT2D eigenvalue weighted by Crippen LogP contribution is -2.35. The molecule has 0 fully saturated rings. The molecule has 0 saturated heterocycles. The molecule has 0 unspecified atom stereocenters. The molecule has 0 aromatic heterocycles. The van der Waals surface area contributed by atoms with Crippen molar-refractivity contribution in [3.63, 3.8) is 0 Å². The fraction of sp³-hybridized carbons (Fsp3) is 0.594. The SMILES string of the molecule is CCN(CC)C(=O)COc1c2cc(C(C)(C)C)cc1Cc1cc(C(C)(C)C)cc(c1OCC(=O)N(CC)CC)Cc1cc(C(C)(C)C)cc(c1OCC(=O)N(CC)CC)Cc1cc(C(C)(C)C)cc(c1OCC(=O)N(CC)CC)COC2. The second kappa shape index (κ2) is 28.5. The summed E-state index contributed by atoms with van der Waals surface area (Å²) in [6.45, 7) is 45.8. The van der Waals surface area contributed by atoms with Crippen molar-refractivity contribution in [2.45, 2.75) is 193 Å². The molecule has 1 aliphatic rings. The van der Waals surface area contributed by atoms with E-state index in [9.17, 15) is 19.2 Å². The topological polar surface area (TPSA) is 127 Å². The van der Waals surface area contributed by atoms with Gasteiger partial charge < -0.3 is 43.3 Å². The number of ether oxygens (including phenoxy) is 5. The normalized spacial score (nSPS) is 13.1. The number of likely N-dealkylation sites (N-methyl/N-ethyl adjacent to an activating group) is 4. The first-order chi connectivity index (χ1) is 38.5. The summed E-state index contributed by atoms with van der Waals surface area (Å²) in [6.07, 6.45) is 0.958. The molecule has 5 rings (SSSR count). The number of carbonyl (C=O) groups excluding carboxylic acids is 4. The molecule has 8 bridgehead atoms. The summed E-state index contributed by atoms with van der Waals surface area (Å²) < 4.78 is 34.7. The largest absolute Gasteiger partial charge is 0.483 e. The van der Waals surface area contributed by atoms with Crippen molar-refractivity contribution in [1.29, 1.82) is 0 Å². The van der Waals surface area contributed by atoms with Gasteiger partial charge in [0.1, 0.15) is 23.0 Å². The molecule has 0 N–H and O–H groups in total. The van der Waals surface area contributed by atoms with Crippen molar-refractivity contribution in [2.75, 3.05) is 78.8 Å². The van der Waals surface area contributed by atoms with Crippen LogP contribution in [0.2, 0.25) is 0 Å². The molecule has 452 valence electrons. The van der Waals surface area contributed by atoms with Crippen molar-refractivity contribution in [2.24, 2.45) is 0 Å². The Morgan fingerprint density at radius 1 is 0.329 bits per heavy atom. The zero-order chi connectivity index (χ0) is 61.1. The van der Waals surface area contributed by atoms with E-state index in [4.69, 9.17) is 23.7 Å². The van der Waals surface area contributed by atoms with E-state index < -0.39 is 0 Å². The molecule has 0 aliphatic carbocycles. The van der Waals surface area contributed by atoms with Crippen LogP contribution in [0.5, 0.6) is 23.0 Å². The van der Waals surface area contributed by atoms with Gasteiger partial charge in [0, 0.05) is 82.7 Å². The monoisotopic (exact) mass is 1130 g/mol. The Bertz CT molecular complexity index is 2650. The van der Waals surface area contributed by atoms with Crippen LogP contribution in [0.25, 0.3) is 0 Å². The van der Waals surface area contributed by atoms with E-state index in [2.05, 4.69) is 132 Å². The van der Waals surface area contributed by atoms with Crippen LogP contribution in [-0.2, 0) is 78.1 Å². The van der Waals surface area contributed by atoms with Crippen molar-refractivity contribution in [3.05, 3.63) is 115 Å². The van der Waals surface area contributed by atoms with Crippen LogP contribution >= 0.6 is 0 Å². The minimum atomic E-state index is -0.343. The molecule has 13 nitrogen and oxygen atoms in total. The van der Waals surface area contributed by atoms with Gasteiger partial charge in [-0.15, -0.1) is 0 Å². The summed E-state index contributed by atoms with van der Waals surface area (Å²) in [4.78, 5) is 63.2. The minimum Gasteiger partial charge on any atom is -0.483 e. The highest BCUT2D eigenvalue weighted by molar-refractivity contribution is 5.79. The number of carbonyl (C=O) groups is 4. The zero-order valence-corrected chi connectivity index (χ0v) is 54.1. The molecule has 82 heavy (non-hydrogen) atoms. The third-order valence-corrected chi connectivity index (χ3v) is 15.9. The lowest BCUT2D eigenvalue weighted by Gasteiger charge is -2.29. The van der Waals surface area contributed by atoms with Crippen LogP contribution in [0.1, 0.15) is 205 Å². The number of nitrogens with zero attached hydrogens (tertiary/aromatic N) is 4. The average Bonchev–Trinajstić information content (AvgIpc) is 3.41. The van der Waals surface area contributed by atoms with Crippen molar-refractivity contribution >= 4 is 23.6 Å². The van der Waals surface area contributed by atoms with Crippen LogP contribution < -0.4 is 18.9 Å². The molecule has 0 saturated carbocycles. The molecule has 0 radical (unpaired) electrons. The Morgan fingerprint density at radius 2 is 0.500 bits per heavy atom. The molecule has 1 heterocycles. The molecule has 0 spiro atoms. The Hall–Kier alpha value is -6.08. The average molecular weight is 1130 g/mol. The second-order valence-electron chi connectivity index (χ2n) is 25.9. The first-order valence-electron chi connectivity index (χ1n) is 30.3. The molecular formula is C69H102N4O9. The van der Waals surface area contributed by atoms with Crippen LogP contribution in [0, 0.1) is 0 Å². The number of rotatable bonds is 20. The van der Waals surface area contributed by atoms with Gasteiger partial charge in [-0.3, -0.25) is 19.2 Å². The third kappa shape index (κ3) is 17.0. The van der Waals surface area contributed by atoms with Gasteiger partial charge in [-0.1, -0.05) is 119 Å². The highest BCUT2D eigenvalue weighted by atomic mass is 16.5. The summed E-state index contributed by atoms with van der Waals surface area (Å²) in [7, 11) is 0. The van der Waals surface area contributed by atoms with Gasteiger partial charge in [0.15, 0.2) is 26.4 Å². The van der Waals surface area contributed by atoms with Gasteiger partial charge in [-0.2, -0.15) is 0 Å². The number of hydrogen-bond acceptors (Lipinski definition) is 9. The summed E-state index contributed by atoms with van der Waals surface area (Å²) >= 11 is 0. The fourth-order valence-electron chi connectivity index (χ4n) is 10.6. The number of hydrogen-bond donors (Lipinski definition) is 0. The molecule has 13 heteroatoms. The maximum Gasteiger partial charge on any atom is 0.260 e. The Kier molecular flexibility index (Phi) is 23.2. The second-order valence-corrected chi connectivity index (χ2v) is 25.9. The van der Waals surface area contributed by atoms with E-state index in [-0.39, 0.29) is 84.9 Å². The van der Waals surface area contributed by atoms with E-state index in [0.717, 1.165) is 66.8 Å². The van der Waals surface area contributed by atoms with Crippen molar-refractivity contribution in [1.82, 2.24) is 19.6 Å². The van der Waals surface area contributed by atoms with Crippen LogP contribution in [0.4, 0.5) is 0 Å². The van der Waals surface area contributed by atoms with Crippen molar-refractivity contribution < 1.29 is 42.9 Å². The standard InChI is InChI=1S/C69H102N4O9/c1-21-70(22-2)58(74)42-79-62-46-29-47-33-55(67(12,13)14)35-49(63(47)80-43-59(75)71(23-3)24-4)31-51-37-57(69(18,19)20)39-53(65(51)82-45-61(77)73(27-7)28-8)41-78-40-52-38-56(68(15,16)17)36-50(30-48(62)34-54(32-46)66(9,10)11)64(52)81-44-60(76)72(25-5)26-6/h32-39H,21-31,40-45H2,1-20H3. The van der Waals surface area contributed by atoms with Gasteiger partial charge in [-0.25, -0.2) is 0 Å². The smallest absolute Gasteiger partial charge is 0.260 e. The van der Waals surface area contributed by atoms with Crippen LogP contribution in [0.15, 0.2) is 48.5 Å². The van der Waals surface area contributed by atoms with Crippen LogP contribution in [0.3, 0.4) is 0 Å². The molecule has 0 atom stereocenters. The van der Waals surface area contributed by atoms with E-state index in [1.165, 1.54) is 0 Å². The Labute approximate surface area is 493 Å². The van der Waals surface area contributed by atoms with Crippen LogP contribution in [-0.4, -0.2) is 122 Å². The highest BCUT2D eigenvalue weighted by Gasteiger charge is 2.30. The first kappa shape index (κ1) is 66.7. The molecule has 1 aliphatic heterocycles. The summed E-state index contributed by atoms with van der Waals surface area (Å²) in [5.74, 6) is 1.71. The van der Waals surface area contributed by atoms with Gasteiger partial charge in [0.25, 0.3) is 23.6 Å².